The van der Waals surface area contributed by atoms with Crippen molar-refractivity contribution in [3.8, 4) is 0 Å². The molecule has 0 saturated heterocycles. The lowest BCUT2D eigenvalue weighted by Crippen LogP contribution is -2.19. The largest absolute Gasteiger partial charge is 0.271 e. The van der Waals surface area contributed by atoms with Crippen molar-refractivity contribution >= 4 is 11.6 Å². The molecule has 1 aromatic carbocycles. The highest BCUT2D eigenvalue weighted by Crippen LogP contribution is 2.10. The van der Waals surface area contributed by atoms with E-state index in [0.29, 0.717) is 5.56 Å². The summed E-state index contributed by atoms with van der Waals surface area (Å²) in [6.45, 7) is 1.88. The first-order valence-corrected chi connectivity index (χ1v) is 5.54. The van der Waals surface area contributed by atoms with Crippen LogP contribution >= 0.6 is 0 Å². The summed E-state index contributed by atoms with van der Waals surface area (Å²) in [5.74, 6) is -0.187. The van der Waals surface area contributed by atoms with Gasteiger partial charge in [0.1, 0.15) is 0 Å². The van der Waals surface area contributed by atoms with Gasteiger partial charge in [-0.25, -0.2) is 5.43 Å². The maximum absolute atomic E-state index is 11.7. The van der Waals surface area contributed by atoms with E-state index in [-0.39, 0.29) is 5.91 Å². The lowest BCUT2D eigenvalue weighted by Gasteiger charge is -2.02. The zero-order valence-corrected chi connectivity index (χ0v) is 9.68. The maximum atomic E-state index is 11.7. The van der Waals surface area contributed by atoms with Gasteiger partial charge >= 0.3 is 0 Å². The van der Waals surface area contributed by atoms with E-state index >= 15 is 0 Å². The molecule has 1 N–H and O–H groups in total. The van der Waals surface area contributed by atoms with Crippen molar-refractivity contribution in [3.63, 3.8) is 0 Å². The molecule has 86 valence electrons. The van der Waals surface area contributed by atoms with Crippen LogP contribution in [0.15, 0.2) is 59.2 Å². The number of carbonyl (C=O) groups excluding carboxylic acids is 1. The van der Waals surface area contributed by atoms with Crippen molar-refractivity contribution in [1.29, 1.82) is 0 Å². The number of hydrogen-bond donors (Lipinski definition) is 1. The smallest absolute Gasteiger partial charge is 0.267 e. The first kappa shape index (κ1) is 11.3. The minimum absolute atomic E-state index is 0.187. The van der Waals surface area contributed by atoms with Crippen molar-refractivity contribution in [3.05, 3.63) is 59.7 Å². The summed E-state index contributed by atoms with van der Waals surface area (Å²) in [6, 6.07) is 9.05. The summed E-state index contributed by atoms with van der Waals surface area (Å²) in [5, 5.41) is 4.08. The van der Waals surface area contributed by atoms with Gasteiger partial charge in [-0.3, -0.25) is 4.79 Å². The van der Waals surface area contributed by atoms with E-state index in [0.717, 1.165) is 17.7 Å². The molecule has 3 heteroatoms. The number of allylic oxidation sites excluding steroid dienone is 4. The van der Waals surface area contributed by atoms with Crippen molar-refractivity contribution in [2.75, 3.05) is 0 Å². The molecule has 0 bridgehead atoms. The minimum atomic E-state index is -0.187. The van der Waals surface area contributed by atoms with Gasteiger partial charge < -0.3 is 0 Å². The highest BCUT2D eigenvalue weighted by Gasteiger charge is 2.05. The number of rotatable bonds is 3. The van der Waals surface area contributed by atoms with Crippen LogP contribution in [0.5, 0.6) is 0 Å². The van der Waals surface area contributed by atoms with Crippen LogP contribution in [0.2, 0.25) is 0 Å². The SMILES string of the molecule is CC(=NNC(=O)c1ccccc1)C1=CCC=C1. The van der Waals surface area contributed by atoms with Gasteiger partial charge in [-0.1, -0.05) is 36.4 Å². The second-order valence-corrected chi connectivity index (χ2v) is 3.80. The van der Waals surface area contributed by atoms with Crippen LogP contribution in [0.3, 0.4) is 0 Å². The molecule has 0 aromatic heterocycles. The fourth-order valence-corrected chi connectivity index (χ4v) is 1.58. The molecular formula is C14H14N2O. The van der Waals surface area contributed by atoms with E-state index < -0.39 is 0 Å². The summed E-state index contributed by atoms with van der Waals surface area (Å²) in [6.07, 6.45) is 7.09. The maximum Gasteiger partial charge on any atom is 0.271 e. The monoisotopic (exact) mass is 226 g/mol. The molecule has 3 nitrogen and oxygen atoms in total. The van der Waals surface area contributed by atoms with Crippen LogP contribution in [0.4, 0.5) is 0 Å². The Labute approximate surface area is 101 Å². The number of hydrazone groups is 1. The van der Waals surface area contributed by atoms with Crippen LogP contribution < -0.4 is 5.43 Å². The molecule has 17 heavy (non-hydrogen) atoms. The zero-order valence-electron chi connectivity index (χ0n) is 9.68. The number of amides is 1. The summed E-state index contributed by atoms with van der Waals surface area (Å²) >= 11 is 0. The van der Waals surface area contributed by atoms with E-state index in [1.807, 2.05) is 31.2 Å². The molecule has 0 unspecified atom stereocenters. The van der Waals surface area contributed by atoms with Crippen LogP contribution in [-0.4, -0.2) is 11.6 Å². The van der Waals surface area contributed by atoms with Gasteiger partial charge in [-0.05, 0) is 31.1 Å². The van der Waals surface area contributed by atoms with E-state index in [9.17, 15) is 4.79 Å². The molecule has 0 atom stereocenters. The molecule has 0 fully saturated rings. The van der Waals surface area contributed by atoms with Crippen molar-refractivity contribution < 1.29 is 4.79 Å². The predicted molar refractivity (Wildman–Crippen MR) is 68.9 cm³/mol. The lowest BCUT2D eigenvalue weighted by molar-refractivity contribution is 0.0955. The van der Waals surface area contributed by atoms with Crippen LogP contribution in [0.25, 0.3) is 0 Å². The van der Waals surface area contributed by atoms with E-state index in [4.69, 9.17) is 0 Å². The molecule has 1 aliphatic rings. The average Bonchev–Trinajstić information content (AvgIpc) is 2.90. The molecule has 0 saturated carbocycles. The third-order valence-electron chi connectivity index (χ3n) is 2.55. The van der Waals surface area contributed by atoms with Crippen LogP contribution in [0, 0.1) is 0 Å². The third-order valence-corrected chi connectivity index (χ3v) is 2.55. The fraction of sp³-hybridized carbons (Fsp3) is 0.143. The minimum Gasteiger partial charge on any atom is -0.267 e. The molecule has 0 radical (unpaired) electrons. The molecule has 0 heterocycles. The number of nitrogens with one attached hydrogen (secondary N) is 1. The molecule has 0 spiro atoms. The standard InChI is InChI=1S/C14H14N2O/c1-11(12-7-5-6-8-12)15-16-14(17)13-9-3-2-4-10-13/h2-5,7-10H,6H2,1H3,(H,16,17). The second kappa shape index (κ2) is 5.25. The number of nitrogens with zero attached hydrogens (tertiary/aromatic N) is 1. The highest BCUT2D eigenvalue weighted by molar-refractivity contribution is 6.02. The summed E-state index contributed by atoms with van der Waals surface area (Å²) in [5.41, 5.74) is 5.05. The Morgan fingerprint density at radius 2 is 2.06 bits per heavy atom. The second-order valence-electron chi connectivity index (χ2n) is 3.80. The van der Waals surface area contributed by atoms with E-state index in [1.165, 1.54) is 0 Å². The highest BCUT2D eigenvalue weighted by atomic mass is 16.2. The van der Waals surface area contributed by atoms with Crippen molar-refractivity contribution in [2.45, 2.75) is 13.3 Å². The molecule has 1 aromatic rings. The number of hydrogen-bond acceptors (Lipinski definition) is 2. The van der Waals surface area contributed by atoms with Crippen LogP contribution in [0.1, 0.15) is 23.7 Å². The quantitative estimate of drug-likeness (QED) is 0.624. The van der Waals surface area contributed by atoms with Crippen LogP contribution in [-0.2, 0) is 0 Å². The number of benzene rings is 1. The third kappa shape index (κ3) is 2.91. The fourth-order valence-electron chi connectivity index (χ4n) is 1.58. The van der Waals surface area contributed by atoms with E-state index in [2.05, 4.69) is 22.7 Å². The van der Waals surface area contributed by atoms with Gasteiger partial charge in [0.05, 0.1) is 5.71 Å². The Balaban J connectivity index is 2.01. The zero-order chi connectivity index (χ0) is 12.1. The molecular weight excluding hydrogens is 212 g/mol. The van der Waals surface area contributed by atoms with Gasteiger partial charge in [0.2, 0.25) is 0 Å². The Kier molecular flexibility index (Phi) is 3.50. The van der Waals surface area contributed by atoms with Gasteiger partial charge in [0.25, 0.3) is 5.91 Å². The van der Waals surface area contributed by atoms with E-state index in [1.54, 1.807) is 12.1 Å². The van der Waals surface area contributed by atoms with Gasteiger partial charge in [0, 0.05) is 5.56 Å². The Bertz CT molecular complexity index is 498. The number of carbonyl (C=O) groups is 1. The van der Waals surface area contributed by atoms with Gasteiger partial charge in [-0.15, -0.1) is 0 Å². The molecule has 2 rings (SSSR count). The topological polar surface area (TPSA) is 41.5 Å². The van der Waals surface area contributed by atoms with Crippen molar-refractivity contribution in [1.82, 2.24) is 5.43 Å². The van der Waals surface area contributed by atoms with Gasteiger partial charge in [-0.2, -0.15) is 5.10 Å². The Hall–Kier alpha value is -2.16. The summed E-state index contributed by atoms with van der Waals surface area (Å²) in [4.78, 5) is 11.7. The lowest BCUT2D eigenvalue weighted by atomic mass is 10.2. The summed E-state index contributed by atoms with van der Waals surface area (Å²) in [7, 11) is 0. The average molecular weight is 226 g/mol. The normalized spacial score (nSPS) is 14.6. The summed E-state index contributed by atoms with van der Waals surface area (Å²) < 4.78 is 0. The molecule has 1 amide bonds. The van der Waals surface area contributed by atoms with Gasteiger partial charge in [0.15, 0.2) is 0 Å². The predicted octanol–water partition coefficient (Wildman–Crippen LogP) is 2.68. The molecule has 0 aliphatic heterocycles. The van der Waals surface area contributed by atoms with Crippen molar-refractivity contribution in [2.24, 2.45) is 5.10 Å². The molecule has 1 aliphatic carbocycles. The first-order valence-electron chi connectivity index (χ1n) is 5.54. The Morgan fingerprint density at radius 1 is 1.29 bits per heavy atom. The Morgan fingerprint density at radius 3 is 2.71 bits per heavy atom. The first-order chi connectivity index (χ1) is 8.27.